The van der Waals surface area contributed by atoms with E-state index in [-0.39, 0.29) is 0 Å². The summed E-state index contributed by atoms with van der Waals surface area (Å²) < 4.78 is 5.43. The molecule has 0 fully saturated rings. The summed E-state index contributed by atoms with van der Waals surface area (Å²) >= 11 is 11.4. The van der Waals surface area contributed by atoms with Gasteiger partial charge < -0.3 is 4.74 Å². The zero-order chi connectivity index (χ0) is 9.68. The fourth-order valence-corrected chi connectivity index (χ4v) is 1.23. The van der Waals surface area contributed by atoms with Crippen LogP contribution in [0.15, 0.2) is 24.3 Å². The van der Waals surface area contributed by atoms with Crippen LogP contribution in [0.25, 0.3) is 0 Å². The maximum Gasteiger partial charge on any atom is 0.132 e. The van der Waals surface area contributed by atoms with Crippen LogP contribution in [0.5, 0.6) is 5.75 Å². The van der Waals surface area contributed by atoms with Crippen molar-refractivity contribution >= 4 is 23.2 Å². The first-order chi connectivity index (χ1) is 6.24. The fourth-order valence-electron chi connectivity index (χ4n) is 0.960. The lowest BCUT2D eigenvalue weighted by atomic mass is 10.2. The number of halogens is 2. The molecule has 0 aliphatic heterocycles. The minimum Gasteiger partial charge on any atom is -0.494 e. The normalized spacial score (nSPS) is 10.5. The Balaban J connectivity index is 2.68. The fraction of sp³-hybridized carbons (Fsp3) is 0.400. The van der Waals surface area contributed by atoms with Crippen LogP contribution in [0.4, 0.5) is 0 Å². The van der Waals surface area contributed by atoms with Gasteiger partial charge >= 0.3 is 0 Å². The highest BCUT2D eigenvalue weighted by Gasteiger charge is 2.03. The van der Waals surface area contributed by atoms with E-state index < -0.39 is 4.84 Å². The topological polar surface area (TPSA) is 9.23 Å². The first kappa shape index (κ1) is 10.7. The lowest BCUT2D eigenvalue weighted by Crippen LogP contribution is -1.95. The van der Waals surface area contributed by atoms with E-state index in [1.54, 1.807) is 0 Å². The third kappa shape index (κ3) is 3.45. The van der Waals surface area contributed by atoms with Gasteiger partial charge in [-0.2, -0.15) is 0 Å². The Morgan fingerprint density at radius 3 is 2.77 bits per heavy atom. The molecule has 13 heavy (non-hydrogen) atoms. The van der Waals surface area contributed by atoms with Crippen molar-refractivity contribution in [3.8, 4) is 5.75 Å². The van der Waals surface area contributed by atoms with Crippen LogP contribution in [0.1, 0.15) is 23.7 Å². The standard InChI is InChI=1S/C10H12Cl2O/c1-2-6-13-9-5-3-4-8(7-9)10(11)12/h3-5,7,10H,2,6H2,1H3. The van der Waals surface area contributed by atoms with E-state index in [9.17, 15) is 0 Å². The third-order valence-electron chi connectivity index (χ3n) is 1.58. The van der Waals surface area contributed by atoms with Gasteiger partial charge in [-0.1, -0.05) is 19.1 Å². The molecule has 72 valence electrons. The zero-order valence-corrected chi connectivity index (χ0v) is 8.98. The van der Waals surface area contributed by atoms with E-state index in [4.69, 9.17) is 27.9 Å². The molecule has 0 aliphatic carbocycles. The second-order valence-corrected chi connectivity index (χ2v) is 3.82. The monoisotopic (exact) mass is 218 g/mol. The molecule has 0 N–H and O–H groups in total. The van der Waals surface area contributed by atoms with Gasteiger partial charge in [0.25, 0.3) is 0 Å². The molecule has 0 saturated carbocycles. The van der Waals surface area contributed by atoms with Crippen LogP contribution in [0, 0.1) is 0 Å². The van der Waals surface area contributed by atoms with Gasteiger partial charge in [-0.15, -0.1) is 23.2 Å². The summed E-state index contributed by atoms with van der Waals surface area (Å²) in [4.78, 5) is -0.481. The molecule has 0 aliphatic rings. The van der Waals surface area contributed by atoms with E-state index in [1.807, 2.05) is 24.3 Å². The maximum absolute atomic E-state index is 5.72. The number of benzene rings is 1. The summed E-state index contributed by atoms with van der Waals surface area (Å²) in [6, 6.07) is 7.53. The van der Waals surface area contributed by atoms with Crippen molar-refractivity contribution in [3.63, 3.8) is 0 Å². The lowest BCUT2D eigenvalue weighted by molar-refractivity contribution is 0.317. The smallest absolute Gasteiger partial charge is 0.132 e. The van der Waals surface area contributed by atoms with Gasteiger partial charge in [0, 0.05) is 0 Å². The Hall–Kier alpha value is -0.400. The summed E-state index contributed by atoms with van der Waals surface area (Å²) in [6.45, 7) is 2.79. The Bertz CT molecular complexity index is 261. The summed E-state index contributed by atoms with van der Waals surface area (Å²) in [5.74, 6) is 0.825. The SMILES string of the molecule is CCCOc1cccc(C(Cl)Cl)c1. The van der Waals surface area contributed by atoms with Crippen molar-refractivity contribution in [3.05, 3.63) is 29.8 Å². The highest BCUT2D eigenvalue weighted by molar-refractivity contribution is 6.44. The molecule has 1 nitrogen and oxygen atoms in total. The van der Waals surface area contributed by atoms with Crippen LogP contribution in [-0.2, 0) is 0 Å². The molecule has 0 unspecified atom stereocenters. The number of ether oxygens (including phenoxy) is 1. The number of alkyl halides is 2. The molecule has 0 radical (unpaired) electrons. The molecule has 3 heteroatoms. The zero-order valence-electron chi connectivity index (χ0n) is 7.47. The van der Waals surface area contributed by atoms with Gasteiger partial charge in [0.2, 0.25) is 0 Å². The minimum atomic E-state index is -0.481. The first-order valence-electron chi connectivity index (χ1n) is 4.25. The molecule has 0 heterocycles. The van der Waals surface area contributed by atoms with Crippen molar-refractivity contribution < 1.29 is 4.74 Å². The van der Waals surface area contributed by atoms with Crippen molar-refractivity contribution in [2.24, 2.45) is 0 Å². The van der Waals surface area contributed by atoms with Crippen LogP contribution in [-0.4, -0.2) is 6.61 Å². The molecule has 0 bridgehead atoms. The van der Waals surface area contributed by atoms with Crippen molar-refractivity contribution in [1.29, 1.82) is 0 Å². The van der Waals surface area contributed by atoms with E-state index in [1.165, 1.54) is 0 Å². The molecule has 0 aromatic heterocycles. The summed E-state index contributed by atoms with van der Waals surface area (Å²) in [5.41, 5.74) is 0.872. The summed E-state index contributed by atoms with van der Waals surface area (Å²) in [7, 11) is 0. The molecule has 0 saturated heterocycles. The van der Waals surface area contributed by atoms with Gasteiger partial charge in [0.15, 0.2) is 0 Å². The first-order valence-corrected chi connectivity index (χ1v) is 5.12. The van der Waals surface area contributed by atoms with Gasteiger partial charge in [0.1, 0.15) is 10.6 Å². The lowest BCUT2D eigenvalue weighted by Gasteiger charge is -2.06. The Kier molecular flexibility index (Phi) is 4.40. The highest BCUT2D eigenvalue weighted by Crippen LogP contribution is 2.27. The molecule has 1 aromatic carbocycles. The quantitative estimate of drug-likeness (QED) is 0.696. The Morgan fingerprint density at radius 2 is 2.15 bits per heavy atom. The molecule has 0 spiro atoms. The number of hydrogen-bond donors (Lipinski definition) is 0. The van der Waals surface area contributed by atoms with Gasteiger partial charge in [-0.25, -0.2) is 0 Å². The van der Waals surface area contributed by atoms with Crippen molar-refractivity contribution in [2.75, 3.05) is 6.61 Å². The molecule has 1 rings (SSSR count). The molecular weight excluding hydrogens is 207 g/mol. The maximum atomic E-state index is 5.72. The predicted molar refractivity (Wildman–Crippen MR) is 56.7 cm³/mol. The van der Waals surface area contributed by atoms with Crippen molar-refractivity contribution in [2.45, 2.75) is 18.2 Å². The van der Waals surface area contributed by atoms with Crippen LogP contribution < -0.4 is 4.74 Å². The Labute approximate surface area is 88.6 Å². The summed E-state index contributed by atoms with van der Waals surface area (Å²) in [5, 5.41) is 0. The van der Waals surface area contributed by atoms with Crippen LogP contribution >= 0.6 is 23.2 Å². The number of hydrogen-bond acceptors (Lipinski definition) is 1. The van der Waals surface area contributed by atoms with Crippen LogP contribution in [0.3, 0.4) is 0 Å². The summed E-state index contributed by atoms with van der Waals surface area (Å²) in [6.07, 6.45) is 0.995. The largest absolute Gasteiger partial charge is 0.494 e. The van der Waals surface area contributed by atoms with Gasteiger partial charge in [-0.3, -0.25) is 0 Å². The second kappa shape index (κ2) is 5.36. The molecule has 0 atom stereocenters. The molecule has 0 amide bonds. The minimum absolute atomic E-state index is 0.481. The Morgan fingerprint density at radius 1 is 1.38 bits per heavy atom. The van der Waals surface area contributed by atoms with Crippen LogP contribution in [0.2, 0.25) is 0 Å². The van der Waals surface area contributed by atoms with Gasteiger partial charge in [0.05, 0.1) is 6.61 Å². The molecule has 1 aromatic rings. The second-order valence-electron chi connectivity index (χ2n) is 2.72. The van der Waals surface area contributed by atoms with E-state index in [0.29, 0.717) is 0 Å². The molecular formula is C10H12Cl2O. The average molecular weight is 219 g/mol. The highest BCUT2D eigenvalue weighted by atomic mass is 35.5. The third-order valence-corrected chi connectivity index (χ3v) is 2.09. The van der Waals surface area contributed by atoms with E-state index >= 15 is 0 Å². The van der Waals surface area contributed by atoms with Gasteiger partial charge in [-0.05, 0) is 24.1 Å². The van der Waals surface area contributed by atoms with E-state index in [0.717, 1.165) is 24.3 Å². The average Bonchev–Trinajstić information content (AvgIpc) is 2.15. The predicted octanol–water partition coefficient (Wildman–Crippen LogP) is 3.95. The van der Waals surface area contributed by atoms with Crippen molar-refractivity contribution in [1.82, 2.24) is 0 Å². The number of rotatable bonds is 4. The van der Waals surface area contributed by atoms with E-state index in [2.05, 4.69) is 6.92 Å².